The number of nitrogens with one attached hydrogen (secondary N) is 1. The highest BCUT2D eigenvalue weighted by Crippen LogP contribution is 2.50. The number of carbonyl (C=O) groups is 1. The SMILES string of the molecule is CC(O)C1CC1C(=O)NC1CC2(CCN(c3ccnc(C4CC4)n3)C2)C1. The van der Waals surface area contributed by atoms with Crippen LogP contribution in [0.3, 0.4) is 0 Å². The summed E-state index contributed by atoms with van der Waals surface area (Å²) in [5, 5.41) is 12.8. The number of rotatable bonds is 5. The van der Waals surface area contributed by atoms with E-state index in [9.17, 15) is 9.90 Å². The van der Waals surface area contributed by atoms with Crippen LogP contribution in [-0.4, -0.2) is 46.2 Å². The highest BCUT2D eigenvalue weighted by molar-refractivity contribution is 5.82. The fraction of sp³-hybridized carbons (Fsp3) is 0.750. The molecule has 0 bridgehead atoms. The molecule has 6 nitrogen and oxygen atoms in total. The fourth-order valence-corrected chi connectivity index (χ4v) is 4.99. The van der Waals surface area contributed by atoms with Gasteiger partial charge in [0.05, 0.1) is 6.10 Å². The van der Waals surface area contributed by atoms with Gasteiger partial charge < -0.3 is 15.3 Å². The lowest BCUT2D eigenvalue weighted by atomic mass is 9.65. The molecule has 6 heteroatoms. The van der Waals surface area contributed by atoms with Crippen LogP contribution in [0, 0.1) is 17.3 Å². The first-order chi connectivity index (χ1) is 12.5. The molecule has 1 aliphatic heterocycles. The van der Waals surface area contributed by atoms with E-state index >= 15 is 0 Å². The summed E-state index contributed by atoms with van der Waals surface area (Å²) in [7, 11) is 0. The number of aliphatic hydroxyl groups excluding tert-OH is 1. The van der Waals surface area contributed by atoms with E-state index in [0.717, 1.165) is 44.0 Å². The lowest BCUT2D eigenvalue weighted by Crippen LogP contribution is -2.52. The van der Waals surface area contributed by atoms with Crippen molar-refractivity contribution < 1.29 is 9.90 Å². The molecule has 4 aliphatic rings. The van der Waals surface area contributed by atoms with Crippen molar-refractivity contribution in [3.8, 4) is 0 Å². The molecule has 1 aromatic heterocycles. The molecule has 0 radical (unpaired) electrons. The molecule has 5 rings (SSSR count). The van der Waals surface area contributed by atoms with Gasteiger partial charge in [0.25, 0.3) is 0 Å². The van der Waals surface area contributed by atoms with Gasteiger partial charge in [-0.2, -0.15) is 0 Å². The molecule has 2 heterocycles. The van der Waals surface area contributed by atoms with E-state index in [1.807, 2.05) is 12.3 Å². The van der Waals surface area contributed by atoms with Crippen molar-refractivity contribution in [2.45, 2.75) is 63.5 Å². The summed E-state index contributed by atoms with van der Waals surface area (Å²) in [6.45, 7) is 3.87. The standard InChI is InChI=1S/C20H28N4O2/c1-12(25)15-8-16(15)19(26)22-14-9-20(10-14)5-7-24(11-20)17-4-6-21-18(23-17)13-2-3-13/h4,6,12-16,25H,2-3,5,7-11H2,1H3,(H,22,26). The second-order valence-corrected chi connectivity index (χ2v) is 9.08. The molecule has 0 aromatic carbocycles. The van der Waals surface area contributed by atoms with Gasteiger partial charge in [-0.1, -0.05) is 0 Å². The van der Waals surface area contributed by atoms with Gasteiger partial charge in [-0.25, -0.2) is 9.97 Å². The fourth-order valence-electron chi connectivity index (χ4n) is 4.99. The second kappa shape index (κ2) is 5.91. The van der Waals surface area contributed by atoms with Crippen LogP contribution >= 0.6 is 0 Å². The topological polar surface area (TPSA) is 78.4 Å². The van der Waals surface area contributed by atoms with Crippen LogP contribution in [0.1, 0.15) is 57.2 Å². The van der Waals surface area contributed by atoms with Gasteiger partial charge in [0.2, 0.25) is 5.91 Å². The normalized spacial score (nSPS) is 36.7. The van der Waals surface area contributed by atoms with Crippen molar-refractivity contribution in [2.75, 3.05) is 18.0 Å². The Hall–Kier alpha value is -1.69. The number of amides is 1. The van der Waals surface area contributed by atoms with Gasteiger partial charge >= 0.3 is 0 Å². The molecular weight excluding hydrogens is 328 g/mol. The van der Waals surface area contributed by atoms with E-state index in [1.165, 1.54) is 19.3 Å². The molecule has 26 heavy (non-hydrogen) atoms. The first-order valence-electron chi connectivity index (χ1n) is 10.1. The van der Waals surface area contributed by atoms with E-state index in [0.29, 0.717) is 17.4 Å². The minimum atomic E-state index is -0.365. The van der Waals surface area contributed by atoms with Crippen molar-refractivity contribution in [3.63, 3.8) is 0 Å². The molecule has 1 aromatic rings. The van der Waals surface area contributed by atoms with E-state index in [2.05, 4.69) is 15.2 Å². The van der Waals surface area contributed by atoms with E-state index in [-0.39, 0.29) is 23.8 Å². The van der Waals surface area contributed by atoms with Gasteiger partial charge in [-0.3, -0.25) is 4.79 Å². The molecule has 3 aliphatic carbocycles. The Morgan fingerprint density at radius 3 is 2.92 bits per heavy atom. The lowest BCUT2D eigenvalue weighted by molar-refractivity contribution is -0.125. The van der Waals surface area contributed by atoms with Crippen LogP contribution in [0.4, 0.5) is 5.82 Å². The first-order valence-corrected chi connectivity index (χ1v) is 10.1. The van der Waals surface area contributed by atoms with E-state index in [4.69, 9.17) is 4.98 Å². The Kier molecular flexibility index (Phi) is 3.75. The summed E-state index contributed by atoms with van der Waals surface area (Å²) in [6.07, 6.45) is 8.16. The van der Waals surface area contributed by atoms with Crippen molar-refractivity contribution in [1.82, 2.24) is 15.3 Å². The van der Waals surface area contributed by atoms with Crippen molar-refractivity contribution in [3.05, 3.63) is 18.1 Å². The molecule has 4 fully saturated rings. The van der Waals surface area contributed by atoms with Crippen LogP contribution in [0.15, 0.2) is 12.3 Å². The average molecular weight is 356 g/mol. The molecule has 3 unspecified atom stereocenters. The lowest BCUT2D eigenvalue weighted by Gasteiger charge is -2.45. The van der Waals surface area contributed by atoms with Gasteiger partial charge in [0, 0.05) is 37.2 Å². The zero-order valence-electron chi connectivity index (χ0n) is 15.4. The van der Waals surface area contributed by atoms with E-state index in [1.54, 1.807) is 6.92 Å². The molecule has 2 N–H and O–H groups in total. The molecule has 1 spiro atoms. The van der Waals surface area contributed by atoms with Gasteiger partial charge in [-0.15, -0.1) is 0 Å². The largest absolute Gasteiger partial charge is 0.393 e. The minimum absolute atomic E-state index is 0.0356. The molecule has 1 amide bonds. The Bertz CT molecular complexity index is 712. The summed E-state index contributed by atoms with van der Waals surface area (Å²) in [6, 6.07) is 2.34. The third-order valence-corrected chi connectivity index (χ3v) is 6.87. The summed E-state index contributed by atoms with van der Waals surface area (Å²) in [5.41, 5.74) is 0.343. The number of hydrogen-bond donors (Lipinski definition) is 2. The maximum Gasteiger partial charge on any atom is 0.223 e. The third kappa shape index (κ3) is 2.98. The van der Waals surface area contributed by atoms with Gasteiger partial charge in [0.15, 0.2) is 0 Å². The van der Waals surface area contributed by atoms with Crippen molar-refractivity contribution in [2.24, 2.45) is 17.3 Å². The maximum absolute atomic E-state index is 12.3. The number of aromatic nitrogens is 2. The summed E-state index contributed by atoms with van der Waals surface area (Å²) in [4.78, 5) is 23.9. The Morgan fingerprint density at radius 2 is 2.23 bits per heavy atom. The number of carbonyl (C=O) groups excluding carboxylic acids is 1. The zero-order chi connectivity index (χ0) is 17.9. The maximum atomic E-state index is 12.3. The van der Waals surface area contributed by atoms with E-state index < -0.39 is 0 Å². The van der Waals surface area contributed by atoms with Crippen molar-refractivity contribution in [1.29, 1.82) is 0 Å². The first kappa shape index (κ1) is 16.5. The number of aliphatic hydroxyl groups is 1. The number of anilines is 1. The average Bonchev–Trinajstić information content (AvgIpc) is 3.50. The summed E-state index contributed by atoms with van der Waals surface area (Å²) in [5.74, 6) is 3.03. The number of hydrogen-bond acceptors (Lipinski definition) is 5. The van der Waals surface area contributed by atoms with Crippen LogP contribution in [-0.2, 0) is 4.79 Å². The van der Waals surface area contributed by atoms with Crippen LogP contribution in [0.2, 0.25) is 0 Å². The molecule has 1 saturated heterocycles. The Morgan fingerprint density at radius 1 is 1.42 bits per heavy atom. The number of nitrogens with zero attached hydrogens (tertiary/aromatic N) is 3. The van der Waals surface area contributed by atoms with Gasteiger partial charge in [0.1, 0.15) is 11.6 Å². The minimum Gasteiger partial charge on any atom is -0.393 e. The second-order valence-electron chi connectivity index (χ2n) is 9.08. The summed E-state index contributed by atoms with van der Waals surface area (Å²) >= 11 is 0. The van der Waals surface area contributed by atoms with Crippen molar-refractivity contribution >= 4 is 11.7 Å². The molecule has 140 valence electrons. The predicted octanol–water partition coefficient (Wildman–Crippen LogP) is 1.85. The highest BCUT2D eigenvalue weighted by Gasteiger charge is 2.51. The highest BCUT2D eigenvalue weighted by atomic mass is 16.3. The Balaban J connectivity index is 1.14. The van der Waals surface area contributed by atoms with Gasteiger partial charge in [-0.05, 0) is 62.8 Å². The van der Waals surface area contributed by atoms with Crippen LogP contribution < -0.4 is 10.2 Å². The summed E-state index contributed by atoms with van der Waals surface area (Å²) < 4.78 is 0. The smallest absolute Gasteiger partial charge is 0.223 e. The quantitative estimate of drug-likeness (QED) is 0.842. The Labute approximate surface area is 154 Å². The third-order valence-electron chi connectivity index (χ3n) is 6.87. The molecule has 3 saturated carbocycles. The monoisotopic (exact) mass is 356 g/mol. The van der Waals surface area contributed by atoms with Crippen LogP contribution in [0.25, 0.3) is 0 Å². The molecular formula is C20H28N4O2. The molecule has 3 atom stereocenters. The zero-order valence-corrected chi connectivity index (χ0v) is 15.4. The van der Waals surface area contributed by atoms with Crippen LogP contribution in [0.5, 0.6) is 0 Å². The predicted molar refractivity (Wildman–Crippen MR) is 97.7 cm³/mol.